The smallest absolute Gasteiger partial charge is 0.337 e. The molecule has 2 aromatic rings. The molecule has 0 fully saturated rings. The molecule has 0 aromatic heterocycles. The van der Waals surface area contributed by atoms with Crippen molar-refractivity contribution in [2.24, 2.45) is 5.41 Å². The van der Waals surface area contributed by atoms with E-state index < -0.39 is 5.92 Å². The van der Waals surface area contributed by atoms with Crippen molar-refractivity contribution in [3.8, 4) is 0 Å². The molecule has 1 aliphatic carbocycles. The van der Waals surface area contributed by atoms with Gasteiger partial charge in [0.2, 0.25) is 0 Å². The number of carbonyl (C=O) groups excluding carboxylic acids is 2. The lowest BCUT2D eigenvalue weighted by Gasteiger charge is -2.43. The van der Waals surface area contributed by atoms with Crippen LogP contribution >= 0.6 is 15.9 Å². The summed E-state index contributed by atoms with van der Waals surface area (Å²) in [6.45, 7) is 6.54. The van der Waals surface area contributed by atoms with E-state index >= 15 is 0 Å². The Bertz CT molecular complexity index is 1160. The first kappa shape index (κ1) is 20.3. The minimum atomic E-state index is -0.390. The minimum Gasteiger partial charge on any atom is -0.456 e. The summed E-state index contributed by atoms with van der Waals surface area (Å²) in [5.74, 6) is -0.606. The van der Waals surface area contributed by atoms with Gasteiger partial charge in [-0.2, -0.15) is 0 Å². The predicted octanol–water partition coefficient (Wildman–Crippen LogP) is 5.82. The average Bonchev–Trinajstić information content (AvgIpc) is 3.08. The maximum atomic E-state index is 13.6. The van der Waals surface area contributed by atoms with E-state index in [1.54, 1.807) is 0 Å². The Labute approximate surface area is 190 Å². The van der Waals surface area contributed by atoms with Gasteiger partial charge in [0.25, 0.3) is 0 Å². The van der Waals surface area contributed by atoms with Crippen molar-refractivity contribution in [3.63, 3.8) is 0 Å². The van der Waals surface area contributed by atoms with Gasteiger partial charge in [0, 0.05) is 33.8 Å². The fraction of sp³-hybridized carbons (Fsp3) is 0.308. The molecule has 1 unspecified atom stereocenters. The van der Waals surface area contributed by atoms with Crippen LogP contribution in [0.25, 0.3) is 0 Å². The first-order valence-corrected chi connectivity index (χ1v) is 11.3. The van der Waals surface area contributed by atoms with E-state index in [1.165, 1.54) is 0 Å². The van der Waals surface area contributed by atoms with Gasteiger partial charge in [-0.3, -0.25) is 4.79 Å². The van der Waals surface area contributed by atoms with Crippen LogP contribution in [0, 0.1) is 12.3 Å². The lowest BCUT2D eigenvalue weighted by molar-refractivity contribution is -0.136. The molecule has 0 bridgehead atoms. The van der Waals surface area contributed by atoms with Gasteiger partial charge in [0.15, 0.2) is 5.78 Å². The van der Waals surface area contributed by atoms with Crippen molar-refractivity contribution >= 4 is 33.4 Å². The molecule has 0 saturated heterocycles. The molecule has 2 aromatic carbocycles. The molecule has 3 aliphatic rings. The number of nitrogens with zero attached hydrogens (tertiary/aromatic N) is 1. The maximum absolute atomic E-state index is 13.6. The molecular formula is C26H24BrNO3. The molecule has 5 rings (SSSR count). The number of ketones is 1. The average molecular weight is 478 g/mol. The molecule has 4 nitrogen and oxygen atoms in total. The molecule has 5 heteroatoms. The monoisotopic (exact) mass is 477 g/mol. The Balaban J connectivity index is 1.78. The highest BCUT2D eigenvalue weighted by molar-refractivity contribution is 9.10. The van der Waals surface area contributed by atoms with Gasteiger partial charge in [-0.25, -0.2) is 4.79 Å². The number of cyclic esters (lactones) is 1. The van der Waals surface area contributed by atoms with Crippen molar-refractivity contribution in [2.75, 3.05) is 11.5 Å². The van der Waals surface area contributed by atoms with Crippen LogP contribution in [0.1, 0.15) is 43.7 Å². The number of aryl methyl sites for hydroxylation is 1. The fourth-order valence-electron chi connectivity index (χ4n) is 5.01. The van der Waals surface area contributed by atoms with Gasteiger partial charge >= 0.3 is 5.97 Å². The third-order valence-electron chi connectivity index (χ3n) is 6.38. The van der Waals surface area contributed by atoms with Gasteiger partial charge in [-0.05, 0) is 48.6 Å². The third-order valence-corrected chi connectivity index (χ3v) is 6.91. The molecule has 1 atom stereocenters. The third kappa shape index (κ3) is 3.35. The Morgan fingerprint density at radius 3 is 2.29 bits per heavy atom. The topological polar surface area (TPSA) is 46.6 Å². The quantitative estimate of drug-likeness (QED) is 0.511. The maximum Gasteiger partial charge on any atom is 0.337 e. The first-order chi connectivity index (χ1) is 14.7. The second kappa shape index (κ2) is 7.20. The number of carbonyl (C=O) groups is 2. The second-order valence-electron chi connectivity index (χ2n) is 9.39. The zero-order valence-corrected chi connectivity index (χ0v) is 19.5. The molecule has 0 amide bonds. The Kier molecular flexibility index (Phi) is 4.70. The van der Waals surface area contributed by atoms with Crippen LogP contribution in [0.4, 0.5) is 5.69 Å². The van der Waals surface area contributed by atoms with Crippen molar-refractivity contribution in [2.45, 2.75) is 39.5 Å². The van der Waals surface area contributed by atoms with E-state index in [0.29, 0.717) is 12.0 Å². The van der Waals surface area contributed by atoms with Crippen LogP contribution in [0.5, 0.6) is 0 Å². The summed E-state index contributed by atoms with van der Waals surface area (Å²) in [5, 5.41) is 0. The second-order valence-corrected chi connectivity index (χ2v) is 10.3. The molecule has 0 spiro atoms. The molecule has 31 heavy (non-hydrogen) atoms. The predicted molar refractivity (Wildman–Crippen MR) is 124 cm³/mol. The van der Waals surface area contributed by atoms with Gasteiger partial charge in [0.05, 0.1) is 11.3 Å². The summed E-state index contributed by atoms with van der Waals surface area (Å²) in [4.78, 5) is 28.6. The lowest BCUT2D eigenvalue weighted by Crippen LogP contribution is -2.40. The van der Waals surface area contributed by atoms with Crippen LogP contribution in [0.15, 0.2) is 75.5 Å². The van der Waals surface area contributed by atoms with E-state index in [0.717, 1.165) is 44.7 Å². The zero-order valence-electron chi connectivity index (χ0n) is 17.9. The Hall–Kier alpha value is -2.66. The zero-order chi connectivity index (χ0) is 21.9. The largest absolute Gasteiger partial charge is 0.456 e. The summed E-state index contributed by atoms with van der Waals surface area (Å²) in [5.41, 5.74) is 6.10. The summed E-state index contributed by atoms with van der Waals surface area (Å²) in [7, 11) is 0. The number of halogens is 1. The van der Waals surface area contributed by atoms with Crippen molar-refractivity contribution < 1.29 is 14.3 Å². The van der Waals surface area contributed by atoms with E-state index in [4.69, 9.17) is 4.74 Å². The molecule has 2 aliphatic heterocycles. The number of ether oxygens (including phenoxy) is 1. The van der Waals surface area contributed by atoms with Gasteiger partial charge in [0.1, 0.15) is 6.61 Å². The molecule has 158 valence electrons. The standard InChI is InChI=1S/C26H24BrNO3/c1-15-4-10-18(11-5-15)28-19-12-26(2,3)13-21(29)23(19)22(16-6-8-17(27)9-7-16)24-20(28)14-31-25(24)30/h4-11,22H,12-14H2,1-3H3. The molecular weight excluding hydrogens is 454 g/mol. The number of hydrogen-bond acceptors (Lipinski definition) is 4. The van der Waals surface area contributed by atoms with Crippen LogP contribution in [-0.4, -0.2) is 18.4 Å². The van der Waals surface area contributed by atoms with Gasteiger partial charge in [-0.15, -0.1) is 0 Å². The van der Waals surface area contributed by atoms with Crippen molar-refractivity contribution in [1.29, 1.82) is 0 Å². The molecule has 0 saturated carbocycles. The summed E-state index contributed by atoms with van der Waals surface area (Å²) >= 11 is 3.49. The number of rotatable bonds is 2. The van der Waals surface area contributed by atoms with E-state index in [9.17, 15) is 9.59 Å². The number of Topliss-reactive ketones (excluding diaryl/α,β-unsaturated/α-hetero) is 1. The molecule has 2 heterocycles. The summed E-state index contributed by atoms with van der Waals surface area (Å²) < 4.78 is 6.50. The number of allylic oxidation sites excluding steroid dienone is 2. The first-order valence-electron chi connectivity index (χ1n) is 10.5. The molecule has 0 N–H and O–H groups in total. The van der Waals surface area contributed by atoms with Gasteiger partial charge < -0.3 is 9.64 Å². The van der Waals surface area contributed by atoms with Crippen LogP contribution in [0.2, 0.25) is 0 Å². The minimum absolute atomic E-state index is 0.113. The summed E-state index contributed by atoms with van der Waals surface area (Å²) in [6.07, 6.45) is 1.23. The van der Waals surface area contributed by atoms with Crippen molar-refractivity contribution in [3.05, 3.63) is 86.7 Å². The normalized spacial score (nSPS) is 22.5. The summed E-state index contributed by atoms with van der Waals surface area (Å²) in [6, 6.07) is 16.1. The highest BCUT2D eigenvalue weighted by Crippen LogP contribution is 2.52. The van der Waals surface area contributed by atoms with E-state index in [2.05, 4.69) is 58.9 Å². The molecule has 0 radical (unpaired) electrons. The number of benzene rings is 2. The van der Waals surface area contributed by atoms with Crippen LogP contribution in [-0.2, 0) is 14.3 Å². The van der Waals surface area contributed by atoms with Crippen LogP contribution < -0.4 is 4.90 Å². The van der Waals surface area contributed by atoms with E-state index in [-0.39, 0.29) is 23.8 Å². The number of esters is 1. The highest BCUT2D eigenvalue weighted by Gasteiger charge is 2.48. The van der Waals surface area contributed by atoms with Crippen molar-refractivity contribution in [1.82, 2.24) is 0 Å². The van der Waals surface area contributed by atoms with Gasteiger partial charge in [-0.1, -0.05) is 59.6 Å². The Morgan fingerprint density at radius 1 is 0.935 bits per heavy atom. The van der Waals surface area contributed by atoms with E-state index in [1.807, 2.05) is 31.2 Å². The highest BCUT2D eigenvalue weighted by atomic mass is 79.9. The van der Waals surface area contributed by atoms with Crippen LogP contribution in [0.3, 0.4) is 0 Å². The fourth-order valence-corrected chi connectivity index (χ4v) is 5.27. The number of hydrogen-bond donors (Lipinski definition) is 0. The SMILES string of the molecule is Cc1ccc(N2C3=C(C(=O)CC(C)(C)C3)C(c3ccc(Br)cc3)C3=C2COC3=O)cc1. The lowest BCUT2D eigenvalue weighted by atomic mass is 9.68. The number of anilines is 1. The Morgan fingerprint density at radius 2 is 1.61 bits per heavy atom.